The maximum absolute atomic E-state index is 12.2. The first-order valence-corrected chi connectivity index (χ1v) is 37.3. The van der Waals surface area contributed by atoms with Crippen molar-refractivity contribution in [2.75, 3.05) is 76.6 Å². The van der Waals surface area contributed by atoms with E-state index in [4.69, 9.17) is 61.9 Å². The zero-order valence-corrected chi connectivity index (χ0v) is 64.1. The zero-order valence-electron chi connectivity index (χ0n) is 57.5. The molecule has 0 spiro atoms. The Morgan fingerprint density at radius 2 is 0.944 bits per heavy atom. The Labute approximate surface area is 553 Å². The number of carbonyl (C=O) groups is 1. The van der Waals surface area contributed by atoms with Gasteiger partial charge >= 0.3 is 29.4 Å². The fraction of sp³-hybridized carbons (Fsp3) is 0.656. The predicted molar refractivity (Wildman–Crippen MR) is 368 cm³/mol. The van der Waals surface area contributed by atoms with Crippen molar-refractivity contribution in [1.82, 2.24) is 14.0 Å². The number of benzene rings is 3. The van der Waals surface area contributed by atoms with Crippen molar-refractivity contribution >= 4 is 69.0 Å². The number of carbonyl (C=O) groups excluding carboxylic acids is 1. The summed E-state index contributed by atoms with van der Waals surface area (Å²) in [5.74, 6) is -0.238. The molecule has 0 saturated carbocycles. The minimum atomic E-state index is -3.08. The fourth-order valence-corrected chi connectivity index (χ4v) is 13.5. The van der Waals surface area contributed by atoms with Gasteiger partial charge in [-0.3, -0.25) is 13.9 Å². The minimum absolute atomic E-state index is 0.00644. The van der Waals surface area contributed by atoms with Crippen LogP contribution in [-0.4, -0.2) is 143 Å². The largest absolute Gasteiger partial charge is 0.696 e. The van der Waals surface area contributed by atoms with E-state index >= 15 is 0 Å². The van der Waals surface area contributed by atoms with Gasteiger partial charge in [-0.05, 0) is 123 Å². The van der Waals surface area contributed by atoms with E-state index in [1.807, 2.05) is 69.3 Å². The number of nitrogens with zero attached hydrogens (tertiary/aromatic N) is 5. The van der Waals surface area contributed by atoms with Gasteiger partial charge in [-0.1, -0.05) is 102 Å². The lowest BCUT2D eigenvalue weighted by Crippen LogP contribution is -2.40. The molecule has 0 aliphatic heterocycles. The number of nitriles is 2. The number of hydrogen-bond acceptors (Lipinski definition) is 22. The van der Waals surface area contributed by atoms with Crippen molar-refractivity contribution in [3.05, 3.63) is 106 Å². The lowest BCUT2D eigenvalue weighted by Gasteiger charge is -2.43. The van der Waals surface area contributed by atoms with Crippen LogP contribution in [0, 0.1) is 22.7 Å². The summed E-state index contributed by atoms with van der Waals surface area (Å²) < 4.78 is 97.8. The van der Waals surface area contributed by atoms with Crippen molar-refractivity contribution in [2.45, 2.75) is 189 Å². The number of aliphatic hydroxyl groups is 2. The molecule has 3 aromatic rings. The summed E-state index contributed by atoms with van der Waals surface area (Å²) in [6, 6.07) is 29.0. The Morgan fingerprint density at radius 3 is 1.22 bits per heavy atom. The van der Waals surface area contributed by atoms with Gasteiger partial charge in [0, 0.05) is 95.3 Å². The lowest BCUT2D eigenvalue weighted by atomic mass is 10.2. The number of ether oxygens (including phenoxy) is 2. The molecular weight excluding hydrogens is 1360 g/mol. The highest BCUT2D eigenvalue weighted by Crippen LogP contribution is 2.52. The van der Waals surface area contributed by atoms with Gasteiger partial charge in [0.1, 0.15) is 6.61 Å². The molecule has 0 aliphatic rings. The number of halogens is 1. The first-order valence-electron chi connectivity index (χ1n) is 28.9. The topological polar surface area (TPSA) is 268 Å². The van der Waals surface area contributed by atoms with Gasteiger partial charge in [-0.25, -0.2) is 14.0 Å². The van der Waals surface area contributed by atoms with Crippen molar-refractivity contribution in [1.29, 1.82) is 10.5 Å². The number of hydrogen-bond donors (Lipinski definition) is 2. The fourth-order valence-electron chi connectivity index (χ4n) is 6.89. The number of alkyl halides is 1. The average molecular weight is 1470 g/mol. The molecule has 0 radical (unpaired) electrons. The Morgan fingerprint density at radius 1 is 0.596 bits per heavy atom. The van der Waals surface area contributed by atoms with Gasteiger partial charge in [-0.2, -0.15) is 10.5 Å². The second-order valence-corrected chi connectivity index (χ2v) is 30.6. The molecule has 3 rings (SSSR count). The third-order valence-corrected chi connectivity index (χ3v) is 21.6. The van der Waals surface area contributed by atoms with E-state index in [1.54, 1.807) is 31.4 Å². The van der Waals surface area contributed by atoms with Gasteiger partial charge in [0.05, 0.1) is 83.6 Å². The molecule has 0 bridgehead atoms. The van der Waals surface area contributed by atoms with E-state index < -0.39 is 40.4 Å². The number of esters is 1. The summed E-state index contributed by atoms with van der Waals surface area (Å²) in [6.45, 7) is 33.9. The molecule has 0 saturated heterocycles. The second-order valence-electron chi connectivity index (χ2n) is 20.9. The van der Waals surface area contributed by atoms with Gasteiger partial charge in [0.2, 0.25) is 0 Å². The van der Waals surface area contributed by atoms with Crippen LogP contribution in [0.1, 0.15) is 150 Å². The Hall–Kier alpha value is -2.34. The molecule has 28 heteroatoms. The highest BCUT2D eigenvalue weighted by molar-refractivity contribution is 14.1. The highest BCUT2D eigenvalue weighted by Gasteiger charge is 2.32. The van der Waals surface area contributed by atoms with E-state index in [1.165, 1.54) is 55.1 Å². The van der Waals surface area contributed by atoms with Gasteiger partial charge < -0.3 is 51.4 Å². The highest BCUT2D eigenvalue weighted by atomic mass is 127. The normalized spacial score (nSPS) is 12.0. The lowest BCUT2D eigenvalue weighted by molar-refractivity contribution is -0.142. The van der Waals surface area contributed by atoms with Crippen LogP contribution in [0.3, 0.4) is 0 Å². The van der Waals surface area contributed by atoms with Crippen molar-refractivity contribution < 1.29 is 78.9 Å². The van der Waals surface area contributed by atoms with Gasteiger partial charge in [0.15, 0.2) is 8.45 Å². The van der Waals surface area contributed by atoms with Crippen molar-refractivity contribution in [3.8, 4) is 12.1 Å². The van der Waals surface area contributed by atoms with Crippen LogP contribution >= 0.6 is 63.0 Å². The number of aliphatic hydroxyl groups excluding tert-OH is 2. The molecule has 512 valence electrons. The third-order valence-electron chi connectivity index (χ3n) is 11.4. The van der Waals surface area contributed by atoms with Crippen LogP contribution < -0.4 is 0 Å². The van der Waals surface area contributed by atoms with E-state index in [0.717, 1.165) is 45.9 Å². The quantitative estimate of drug-likeness (QED) is 0.0193. The predicted octanol–water partition coefficient (Wildman–Crippen LogP) is 16.3. The maximum atomic E-state index is 12.2. The molecule has 0 aromatic heterocycles. The SMILES string of the molecule is CC(=O)OCc1ccc(CI)cc1.CCN(C(C)C)P(OCCC#N)N(C(C)C)C(C)C.CO.COC(C)(C)C.COP(=O)(Cc1ccc(CO)cc1)OC.COP(=O)(Cc1ccc(COP(OCCC#N)N(C(C)C)C(C)C)cc1)OC.CO[P+](=O)OC. The van der Waals surface area contributed by atoms with Crippen LogP contribution in [-0.2, 0) is 105 Å². The van der Waals surface area contributed by atoms with E-state index in [2.05, 4.69) is 134 Å². The monoisotopic (exact) mass is 1470 g/mol. The van der Waals surface area contributed by atoms with Gasteiger partial charge in [-0.15, -0.1) is 9.05 Å². The second kappa shape index (κ2) is 55.0. The molecule has 0 fully saturated rings. The third kappa shape index (κ3) is 45.6. The van der Waals surface area contributed by atoms with E-state index in [0.29, 0.717) is 57.4 Å². The summed E-state index contributed by atoms with van der Waals surface area (Å²) in [5, 5.41) is 33.3. The Bertz CT molecular complexity index is 2400. The molecule has 89 heavy (non-hydrogen) atoms. The molecule has 0 amide bonds. The zero-order chi connectivity index (χ0) is 69.3. The van der Waals surface area contributed by atoms with Crippen LogP contribution in [0.2, 0.25) is 0 Å². The Kier molecular flexibility index (Phi) is 57.5. The smallest absolute Gasteiger partial charge is 0.461 e. The van der Waals surface area contributed by atoms with Crippen molar-refractivity contribution in [2.24, 2.45) is 0 Å². The molecule has 22 nitrogen and oxygen atoms in total. The van der Waals surface area contributed by atoms with E-state index in [9.17, 15) is 18.5 Å². The molecule has 2 N–H and O–H groups in total. The minimum Gasteiger partial charge on any atom is -0.461 e. The standard InChI is InChI=1S/C19H32N2O5P2.C14H30N3OP.C10H11IO2.C10H15O4P.C5H12O.C2H6O3P.CH4O/c1-16(2)21(17(3)4)27(25-13-7-12-20)26-14-18-8-10-19(11-9-18)15-28(22,23-5)24-6;1-8-16(12(2)3)19(18-11-9-10-15)17(13(4)5)14(6)7;1-8(12)13-7-10-4-2-9(6-11)3-5-10;1-13-15(12,14-2)8-10-5-3-9(7-11)4-6-10;1-5(2,3)6-4;1-4-6(3)5-2;1-2/h8-11,16-17H,7,13-15H2,1-6H3;12-14H,8-9,11H2,1-7H3;2-5H,6-7H2,1H3;3-6,11H,7-8H2,1-2H3;1-4H3;1-2H3;2H,1H3/q;;;;;+1;. The average Bonchev–Trinajstić information content (AvgIpc) is 1.92. The van der Waals surface area contributed by atoms with Crippen LogP contribution in [0.15, 0.2) is 72.8 Å². The van der Waals surface area contributed by atoms with Crippen LogP contribution in [0.25, 0.3) is 0 Å². The molecule has 2 unspecified atom stereocenters. The Balaban J connectivity index is -0.000000519. The van der Waals surface area contributed by atoms with Crippen molar-refractivity contribution in [3.63, 3.8) is 0 Å². The molecule has 2 atom stereocenters. The van der Waals surface area contributed by atoms with Gasteiger partial charge in [0.25, 0.3) is 8.53 Å². The number of rotatable bonds is 32. The summed E-state index contributed by atoms with van der Waals surface area (Å²) in [4.78, 5) is 10.5. The summed E-state index contributed by atoms with van der Waals surface area (Å²) >= 11 is 2.31. The summed E-state index contributed by atoms with van der Waals surface area (Å²) in [5.41, 5.74) is 5.89. The van der Waals surface area contributed by atoms with Crippen LogP contribution in [0.5, 0.6) is 0 Å². The first kappa shape index (κ1) is 93.1. The first-order chi connectivity index (χ1) is 41.8. The van der Waals surface area contributed by atoms with E-state index in [-0.39, 0.29) is 42.6 Å². The maximum Gasteiger partial charge on any atom is 0.696 e. The molecule has 0 aliphatic carbocycles. The number of methoxy groups -OCH3 is 1. The molecule has 0 heterocycles. The van der Waals surface area contributed by atoms with Crippen LogP contribution in [0.4, 0.5) is 0 Å². The molecular formula is C61H110IN5O17P5+. The molecule has 3 aromatic carbocycles. The summed E-state index contributed by atoms with van der Waals surface area (Å²) in [7, 11) is 0.883. The summed E-state index contributed by atoms with van der Waals surface area (Å²) in [6.07, 6.45) is 1.25.